The van der Waals surface area contributed by atoms with Gasteiger partial charge in [-0.15, -0.1) is 0 Å². The molecule has 208 valence electrons. The van der Waals surface area contributed by atoms with Gasteiger partial charge in [0.2, 0.25) is 0 Å². The van der Waals surface area contributed by atoms with E-state index in [4.69, 9.17) is 15.0 Å². The van der Waals surface area contributed by atoms with Gasteiger partial charge in [-0.2, -0.15) is 0 Å². The number of benzene rings is 2. The summed E-state index contributed by atoms with van der Waals surface area (Å²) in [5, 5.41) is 3.62. The SMILES string of the molecule is COCCCCC(=O)C[C@@H]1[C@H](O[C@H](C(=O)c2ccccc2)c2ccccc2)[C@@H](C)CC(=O)[C@H]1CCCN=[N+]=[N-]. The highest BCUT2D eigenvalue weighted by Gasteiger charge is 2.45. The van der Waals surface area contributed by atoms with Crippen LogP contribution >= 0.6 is 0 Å². The molecule has 0 aliphatic heterocycles. The van der Waals surface area contributed by atoms with Crippen molar-refractivity contribution in [2.45, 2.75) is 64.1 Å². The molecule has 8 heteroatoms. The summed E-state index contributed by atoms with van der Waals surface area (Å²) in [6.07, 6.45) is 2.17. The molecule has 2 aromatic rings. The summed E-state index contributed by atoms with van der Waals surface area (Å²) in [5.74, 6) is -0.894. The van der Waals surface area contributed by atoms with Gasteiger partial charge in [-0.3, -0.25) is 14.4 Å². The van der Waals surface area contributed by atoms with Gasteiger partial charge in [-0.05, 0) is 42.7 Å². The third kappa shape index (κ3) is 8.85. The van der Waals surface area contributed by atoms with Gasteiger partial charge >= 0.3 is 0 Å². The van der Waals surface area contributed by atoms with E-state index in [-0.39, 0.29) is 42.2 Å². The summed E-state index contributed by atoms with van der Waals surface area (Å²) >= 11 is 0. The summed E-state index contributed by atoms with van der Waals surface area (Å²) in [6.45, 7) is 2.85. The standard InChI is InChI=1S/C31H39N3O5/c1-22-20-28(36)26(17-11-18-33-34-32)27(21-25(35)16-9-10-19-38-2)30(22)39-31(24-14-7-4-8-15-24)29(37)23-12-5-3-6-13-23/h3-8,12-15,22,26-27,30-31H,9-11,16-21H2,1-2H3/t22-,26-,27-,30+,31-/m0/s1. The van der Waals surface area contributed by atoms with E-state index in [1.54, 1.807) is 19.2 Å². The number of carbonyl (C=O) groups excluding carboxylic acids is 3. The zero-order valence-electron chi connectivity index (χ0n) is 22.9. The fourth-order valence-corrected chi connectivity index (χ4v) is 5.53. The number of methoxy groups -OCH3 is 1. The highest BCUT2D eigenvalue weighted by atomic mass is 16.5. The van der Waals surface area contributed by atoms with E-state index in [0.29, 0.717) is 37.9 Å². The molecule has 0 spiro atoms. The van der Waals surface area contributed by atoms with Gasteiger partial charge in [-0.25, -0.2) is 0 Å². The van der Waals surface area contributed by atoms with Gasteiger partial charge in [0.15, 0.2) is 5.78 Å². The predicted molar refractivity (Wildman–Crippen MR) is 149 cm³/mol. The summed E-state index contributed by atoms with van der Waals surface area (Å²) < 4.78 is 11.8. The van der Waals surface area contributed by atoms with E-state index >= 15 is 0 Å². The number of ether oxygens (including phenoxy) is 2. The average Bonchev–Trinajstić information content (AvgIpc) is 2.95. The molecule has 0 saturated heterocycles. The van der Waals surface area contributed by atoms with Crippen LogP contribution in [0.25, 0.3) is 10.4 Å². The number of hydrogen-bond acceptors (Lipinski definition) is 6. The third-order valence-corrected chi connectivity index (χ3v) is 7.48. The number of ketones is 3. The van der Waals surface area contributed by atoms with E-state index in [1.807, 2.05) is 55.5 Å². The Morgan fingerprint density at radius 2 is 1.74 bits per heavy atom. The summed E-state index contributed by atoms with van der Waals surface area (Å²) in [7, 11) is 1.64. The Bertz CT molecular complexity index is 1120. The first kappa shape index (κ1) is 30.2. The number of azide groups is 1. The van der Waals surface area contributed by atoms with Gasteiger partial charge in [0.25, 0.3) is 0 Å². The lowest BCUT2D eigenvalue weighted by Crippen LogP contribution is -2.46. The molecule has 39 heavy (non-hydrogen) atoms. The predicted octanol–water partition coefficient (Wildman–Crippen LogP) is 6.70. The van der Waals surface area contributed by atoms with Gasteiger partial charge in [0.05, 0.1) is 6.10 Å². The number of Topliss-reactive ketones (excluding diaryl/α,β-unsaturated/α-hetero) is 3. The van der Waals surface area contributed by atoms with Crippen LogP contribution in [0.4, 0.5) is 0 Å². The second kappa shape index (κ2) is 15.9. The minimum Gasteiger partial charge on any atom is -0.385 e. The molecule has 0 unspecified atom stereocenters. The van der Waals surface area contributed by atoms with Crippen LogP contribution < -0.4 is 0 Å². The zero-order valence-corrected chi connectivity index (χ0v) is 22.9. The van der Waals surface area contributed by atoms with Crippen molar-refractivity contribution in [3.05, 3.63) is 82.2 Å². The van der Waals surface area contributed by atoms with Gasteiger partial charge in [0.1, 0.15) is 17.7 Å². The highest BCUT2D eigenvalue weighted by Crippen LogP contribution is 2.41. The first-order chi connectivity index (χ1) is 19.0. The largest absolute Gasteiger partial charge is 0.385 e. The molecule has 1 saturated carbocycles. The number of unbranched alkanes of at least 4 members (excludes halogenated alkanes) is 1. The highest BCUT2D eigenvalue weighted by molar-refractivity contribution is 6.00. The van der Waals surface area contributed by atoms with Crippen LogP contribution in [-0.4, -0.2) is 43.7 Å². The normalized spacial score (nSPS) is 21.6. The van der Waals surface area contributed by atoms with Gasteiger partial charge < -0.3 is 9.47 Å². The molecule has 1 fully saturated rings. The van der Waals surface area contributed by atoms with Gasteiger partial charge in [0, 0.05) is 61.8 Å². The Hall–Kier alpha value is -3.32. The minimum atomic E-state index is -0.864. The summed E-state index contributed by atoms with van der Waals surface area (Å²) in [5.41, 5.74) is 9.94. The molecule has 1 aliphatic carbocycles. The van der Waals surface area contributed by atoms with Crippen molar-refractivity contribution in [1.29, 1.82) is 0 Å². The first-order valence-corrected chi connectivity index (χ1v) is 13.8. The molecular weight excluding hydrogens is 494 g/mol. The fourth-order valence-electron chi connectivity index (χ4n) is 5.53. The third-order valence-electron chi connectivity index (χ3n) is 7.48. The quantitative estimate of drug-likeness (QED) is 0.0781. The monoisotopic (exact) mass is 533 g/mol. The van der Waals surface area contributed by atoms with E-state index in [2.05, 4.69) is 10.0 Å². The second-order valence-corrected chi connectivity index (χ2v) is 10.3. The van der Waals surface area contributed by atoms with Crippen LogP contribution in [0, 0.1) is 17.8 Å². The lowest BCUT2D eigenvalue weighted by Gasteiger charge is -2.42. The Kier molecular flexibility index (Phi) is 12.4. The molecular formula is C31H39N3O5. The molecule has 3 rings (SSSR count). The average molecular weight is 534 g/mol. The minimum absolute atomic E-state index is 0.0808. The Labute approximate surface area is 230 Å². The molecule has 2 aromatic carbocycles. The molecule has 0 heterocycles. The topological polar surface area (TPSA) is 118 Å². The summed E-state index contributed by atoms with van der Waals surface area (Å²) in [6, 6.07) is 18.4. The second-order valence-electron chi connectivity index (χ2n) is 10.3. The van der Waals surface area contributed by atoms with Crippen molar-refractivity contribution in [2.24, 2.45) is 22.9 Å². The number of rotatable bonds is 16. The lowest BCUT2D eigenvalue weighted by molar-refractivity contribution is -0.145. The first-order valence-electron chi connectivity index (χ1n) is 13.8. The molecule has 5 atom stereocenters. The van der Waals surface area contributed by atoms with Crippen molar-refractivity contribution in [1.82, 2.24) is 0 Å². The molecule has 0 aromatic heterocycles. The Morgan fingerprint density at radius 1 is 1.05 bits per heavy atom. The van der Waals surface area contributed by atoms with E-state index in [0.717, 1.165) is 18.4 Å². The van der Waals surface area contributed by atoms with Crippen molar-refractivity contribution in [3.8, 4) is 0 Å². The van der Waals surface area contributed by atoms with Crippen LogP contribution in [0.1, 0.15) is 73.9 Å². The van der Waals surface area contributed by atoms with E-state index in [9.17, 15) is 14.4 Å². The van der Waals surface area contributed by atoms with Crippen LogP contribution in [0.3, 0.4) is 0 Å². The van der Waals surface area contributed by atoms with Crippen molar-refractivity contribution in [2.75, 3.05) is 20.3 Å². The maximum atomic E-state index is 13.7. The molecule has 0 amide bonds. The van der Waals surface area contributed by atoms with Gasteiger partial charge in [-0.1, -0.05) is 72.7 Å². The number of hydrogen-bond donors (Lipinski definition) is 0. The Balaban J connectivity index is 1.91. The zero-order chi connectivity index (χ0) is 28.0. The van der Waals surface area contributed by atoms with Crippen molar-refractivity contribution in [3.63, 3.8) is 0 Å². The smallest absolute Gasteiger partial charge is 0.196 e. The molecule has 0 N–H and O–H groups in total. The molecule has 0 radical (unpaired) electrons. The van der Waals surface area contributed by atoms with Crippen LogP contribution in [0.15, 0.2) is 65.8 Å². The molecule has 0 bridgehead atoms. The summed E-state index contributed by atoms with van der Waals surface area (Å²) in [4.78, 5) is 42.9. The Morgan fingerprint density at radius 3 is 2.41 bits per heavy atom. The van der Waals surface area contributed by atoms with Crippen molar-refractivity contribution >= 4 is 17.3 Å². The number of carbonyl (C=O) groups is 3. The van der Waals surface area contributed by atoms with E-state index in [1.165, 1.54) is 0 Å². The van der Waals surface area contributed by atoms with Crippen LogP contribution in [0.5, 0.6) is 0 Å². The molecule has 8 nitrogen and oxygen atoms in total. The maximum absolute atomic E-state index is 13.7. The molecule has 1 aliphatic rings. The van der Waals surface area contributed by atoms with Crippen LogP contribution in [0.2, 0.25) is 0 Å². The van der Waals surface area contributed by atoms with Crippen molar-refractivity contribution < 1.29 is 23.9 Å². The maximum Gasteiger partial charge on any atom is 0.196 e. The van der Waals surface area contributed by atoms with Crippen LogP contribution in [-0.2, 0) is 19.1 Å². The van der Waals surface area contributed by atoms with E-state index < -0.39 is 18.1 Å². The lowest BCUT2D eigenvalue weighted by atomic mass is 9.68. The fraction of sp³-hybridized carbons (Fsp3) is 0.516. The number of nitrogens with zero attached hydrogens (tertiary/aromatic N) is 3.